The van der Waals surface area contributed by atoms with Gasteiger partial charge in [-0.15, -0.1) is 11.6 Å². The van der Waals surface area contributed by atoms with Gasteiger partial charge in [-0.1, -0.05) is 19.4 Å². The lowest BCUT2D eigenvalue weighted by molar-refractivity contribution is 0.0939. The second kappa shape index (κ2) is 8.00. The van der Waals surface area contributed by atoms with Crippen LogP contribution in [0, 0.1) is 11.7 Å². The zero-order valence-electron chi connectivity index (χ0n) is 11.2. The molecule has 0 fully saturated rings. The summed E-state index contributed by atoms with van der Waals surface area (Å²) in [4.78, 5) is 12.0. The maximum Gasteiger partial charge on any atom is 0.258 e. The van der Waals surface area contributed by atoms with E-state index in [2.05, 4.69) is 5.32 Å². The first-order valence-corrected chi connectivity index (χ1v) is 6.84. The molecule has 0 heterocycles. The molecule has 0 aromatic heterocycles. The van der Waals surface area contributed by atoms with E-state index in [0.29, 0.717) is 18.3 Å². The van der Waals surface area contributed by atoms with Crippen molar-refractivity contribution in [2.75, 3.05) is 19.5 Å². The summed E-state index contributed by atoms with van der Waals surface area (Å²) in [6.45, 7) is 2.52. The minimum Gasteiger partial charge on any atom is -0.496 e. The maximum atomic E-state index is 13.7. The Bertz CT molecular complexity index is 426. The van der Waals surface area contributed by atoms with E-state index < -0.39 is 11.7 Å². The lowest BCUT2D eigenvalue weighted by Gasteiger charge is -2.15. The van der Waals surface area contributed by atoms with Crippen LogP contribution in [0.15, 0.2) is 18.2 Å². The lowest BCUT2D eigenvalue weighted by atomic mass is 10.0. The third kappa shape index (κ3) is 4.39. The predicted molar refractivity (Wildman–Crippen MR) is 74.4 cm³/mol. The number of amides is 1. The second-order valence-corrected chi connectivity index (χ2v) is 4.66. The average Bonchev–Trinajstić information content (AvgIpc) is 2.42. The van der Waals surface area contributed by atoms with Crippen LogP contribution in [0.5, 0.6) is 5.75 Å². The molecule has 0 aliphatic carbocycles. The molecule has 19 heavy (non-hydrogen) atoms. The normalized spacial score (nSPS) is 12.0. The van der Waals surface area contributed by atoms with Crippen molar-refractivity contribution in [3.8, 4) is 5.75 Å². The van der Waals surface area contributed by atoms with E-state index in [1.54, 1.807) is 6.07 Å². The summed E-state index contributed by atoms with van der Waals surface area (Å²) in [5, 5.41) is 2.73. The topological polar surface area (TPSA) is 38.3 Å². The van der Waals surface area contributed by atoms with E-state index >= 15 is 0 Å². The van der Waals surface area contributed by atoms with Crippen LogP contribution in [0.3, 0.4) is 0 Å². The van der Waals surface area contributed by atoms with Crippen molar-refractivity contribution in [2.24, 2.45) is 5.92 Å². The maximum absolute atomic E-state index is 13.7. The minimum absolute atomic E-state index is 0.0503. The summed E-state index contributed by atoms with van der Waals surface area (Å²) in [6, 6.07) is 4.31. The van der Waals surface area contributed by atoms with E-state index in [4.69, 9.17) is 16.3 Å². The van der Waals surface area contributed by atoms with Gasteiger partial charge in [0.05, 0.1) is 7.11 Å². The third-order valence-corrected chi connectivity index (χ3v) is 3.29. The molecular formula is C14H19ClFNO2. The summed E-state index contributed by atoms with van der Waals surface area (Å²) in [5.41, 5.74) is -0.0503. The van der Waals surface area contributed by atoms with Crippen molar-refractivity contribution < 1.29 is 13.9 Å². The number of carbonyl (C=O) groups excluding carboxylic acids is 1. The fourth-order valence-corrected chi connectivity index (χ4v) is 2.13. The van der Waals surface area contributed by atoms with E-state index in [1.807, 2.05) is 6.92 Å². The summed E-state index contributed by atoms with van der Waals surface area (Å²) in [6.07, 6.45) is 1.74. The molecule has 106 valence electrons. The SMILES string of the molecule is CCC(CCCl)CNC(=O)c1c(F)cccc1OC. The largest absolute Gasteiger partial charge is 0.496 e. The van der Waals surface area contributed by atoms with Crippen molar-refractivity contribution in [1.29, 1.82) is 0 Å². The average molecular weight is 288 g/mol. The monoisotopic (exact) mass is 287 g/mol. The van der Waals surface area contributed by atoms with Crippen LogP contribution in [-0.2, 0) is 0 Å². The molecule has 1 amide bonds. The molecule has 0 aliphatic heterocycles. The van der Waals surface area contributed by atoms with Gasteiger partial charge in [0.2, 0.25) is 0 Å². The number of rotatable bonds is 7. The van der Waals surface area contributed by atoms with Crippen LogP contribution in [0.1, 0.15) is 30.1 Å². The number of halogens is 2. The summed E-state index contributed by atoms with van der Waals surface area (Å²) in [5.74, 6) is 0.0598. The smallest absolute Gasteiger partial charge is 0.258 e. The van der Waals surface area contributed by atoms with Crippen LogP contribution in [0.2, 0.25) is 0 Å². The van der Waals surface area contributed by atoms with Gasteiger partial charge in [0.1, 0.15) is 17.1 Å². The summed E-state index contributed by atoms with van der Waals surface area (Å²) < 4.78 is 18.7. The zero-order chi connectivity index (χ0) is 14.3. The molecule has 1 atom stereocenters. The van der Waals surface area contributed by atoms with Crippen molar-refractivity contribution >= 4 is 17.5 Å². The highest BCUT2D eigenvalue weighted by molar-refractivity contribution is 6.17. The highest BCUT2D eigenvalue weighted by atomic mass is 35.5. The first-order valence-electron chi connectivity index (χ1n) is 6.30. The highest BCUT2D eigenvalue weighted by Gasteiger charge is 2.18. The first kappa shape index (κ1) is 15.8. The Kier molecular flexibility index (Phi) is 6.64. The number of alkyl halides is 1. The molecule has 1 unspecified atom stereocenters. The Morgan fingerprint density at radius 1 is 1.53 bits per heavy atom. The van der Waals surface area contributed by atoms with E-state index in [0.717, 1.165) is 12.8 Å². The molecule has 3 nitrogen and oxygen atoms in total. The van der Waals surface area contributed by atoms with Gasteiger partial charge in [0.15, 0.2) is 0 Å². The Labute approximate surface area is 118 Å². The number of methoxy groups -OCH3 is 1. The molecule has 0 radical (unpaired) electrons. The zero-order valence-corrected chi connectivity index (χ0v) is 12.0. The number of hydrogen-bond donors (Lipinski definition) is 1. The van der Waals surface area contributed by atoms with Gasteiger partial charge in [0.25, 0.3) is 5.91 Å². The molecule has 0 saturated carbocycles. The molecule has 1 aromatic rings. The number of ether oxygens (including phenoxy) is 1. The van der Waals surface area contributed by atoms with Crippen molar-refractivity contribution in [2.45, 2.75) is 19.8 Å². The quantitative estimate of drug-likeness (QED) is 0.782. The number of hydrogen-bond acceptors (Lipinski definition) is 2. The summed E-state index contributed by atoms with van der Waals surface area (Å²) in [7, 11) is 1.41. The molecular weight excluding hydrogens is 269 g/mol. The van der Waals surface area contributed by atoms with Gasteiger partial charge in [-0.3, -0.25) is 4.79 Å². The van der Waals surface area contributed by atoms with Gasteiger partial charge in [0, 0.05) is 12.4 Å². The van der Waals surface area contributed by atoms with Crippen LogP contribution in [-0.4, -0.2) is 25.4 Å². The molecule has 1 N–H and O–H groups in total. The fraction of sp³-hybridized carbons (Fsp3) is 0.500. The van der Waals surface area contributed by atoms with Gasteiger partial charge in [-0.25, -0.2) is 4.39 Å². The Morgan fingerprint density at radius 2 is 2.26 bits per heavy atom. The van der Waals surface area contributed by atoms with Crippen molar-refractivity contribution in [3.05, 3.63) is 29.6 Å². The first-order chi connectivity index (χ1) is 9.13. The van der Waals surface area contributed by atoms with Gasteiger partial charge < -0.3 is 10.1 Å². The van der Waals surface area contributed by atoms with Gasteiger partial charge in [-0.2, -0.15) is 0 Å². The van der Waals surface area contributed by atoms with Gasteiger partial charge in [-0.05, 0) is 24.5 Å². The van der Waals surface area contributed by atoms with E-state index in [9.17, 15) is 9.18 Å². The summed E-state index contributed by atoms with van der Waals surface area (Å²) >= 11 is 5.69. The molecule has 1 rings (SSSR count). The standard InChI is InChI=1S/C14H19ClFNO2/c1-3-10(7-8-15)9-17-14(18)13-11(16)5-4-6-12(13)19-2/h4-6,10H,3,7-9H2,1-2H3,(H,17,18). The van der Waals surface area contributed by atoms with Crippen LogP contribution >= 0.6 is 11.6 Å². The van der Waals surface area contributed by atoms with Crippen LogP contribution < -0.4 is 10.1 Å². The number of nitrogens with one attached hydrogen (secondary N) is 1. The molecule has 0 spiro atoms. The molecule has 0 bridgehead atoms. The second-order valence-electron chi connectivity index (χ2n) is 4.28. The predicted octanol–water partition coefficient (Wildman–Crippen LogP) is 3.22. The Balaban J connectivity index is 2.73. The van der Waals surface area contributed by atoms with Crippen molar-refractivity contribution in [3.63, 3.8) is 0 Å². The lowest BCUT2D eigenvalue weighted by Crippen LogP contribution is -2.30. The minimum atomic E-state index is -0.581. The molecule has 1 aromatic carbocycles. The number of benzene rings is 1. The molecule has 5 heteroatoms. The third-order valence-electron chi connectivity index (χ3n) is 3.07. The van der Waals surface area contributed by atoms with Crippen LogP contribution in [0.25, 0.3) is 0 Å². The Morgan fingerprint density at radius 3 is 2.84 bits per heavy atom. The van der Waals surface area contributed by atoms with E-state index in [1.165, 1.54) is 19.2 Å². The molecule has 0 aliphatic rings. The van der Waals surface area contributed by atoms with Crippen LogP contribution in [0.4, 0.5) is 4.39 Å². The molecule has 0 saturated heterocycles. The van der Waals surface area contributed by atoms with Crippen molar-refractivity contribution in [1.82, 2.24) is 5.32 Å². The fourth-order valence-electron chi connectivity index (χ4n) is 1.83. The van der Waals surface area contributed by atoms with E-state index in [-0.39, 0.29) is 11.3 Å². The number of carbonyl (C=O) groups is 1. The Hall–Kier alpha value is -1.29. The van der Waals surface area contributed by atoms with Gasteiger partial charge >= 0.3 is 0 Å². The highest BCUT2D eigenvalue weighted by Crippen LogP contribution is 2.21.